The Balaban J connectivity index is 2.28. The minimum atomic E-state index is 0.286. The predicted molar refractivity (Wildman–Crippen MR) is 59.5 cm³/mol. The molecule has 0 atom stereocenters. The first-order chi connectivity index (χ1) is 7.81. The third kappa shape index (κ3) is 2.03. The van der Waals surface area contributed by atoms with E-state index >= 15 is 0 Å². The predicted octanol–water partition coefficient (Wildman–Crippen LogP) is 1.86. The summed E-state index contributed by atoms with van der Waals surface area (Å²) in [6, 6.07) is 9.26. The summed E-state index contributed by atoms with van der Waals surface area (Å²) in [5, 5.41) is 0. The van der Waals surface area contributed by atoms with Crippen LogP contribution in [0.25, 0.3) is 0 Å². The van der Waals surface area contributed by atoms with Crippen molar-refractivity contribution in [2.24, 2.45) is 0 Å². The molecule has 0 aliphatic heterocycles. The fourth-order valence-corrected chi connectivity index (χ4v) is 1.21. The lowest BCUT2D eigenvalue weighted by Gasteiger charge is -2.08. The van der Waals surface area contributed by atoms with Crippen molar-refractivity contribution in [2.45, 2.75) is 0 Å². The second-order valence-corrected chi connectivity index (χ2v) is 3.02. The molecule has 1 heterocycles. The summed E-state index contributed by atoms with van der Waals surface area (Å²) in [5.41, 5.74) is 6.05. The van der Waals surface area contributed by atoms with Gasteiger partial charge >= 0.3 is 0 Å². The van der Waals surface area contributed by atoms with Crippen LogP contribution in [0.1, 0.15) is 0 Å². The van der Waals surface area contributed by atoms with Crippen molar-refractivity contribution in [1.29, 1.82) is 0 Å². The molecule has 0 radical (unpaired) electrons. The molecule has 0 bridgehead atoms. The Bertz CT molecular complexity index is 474. The summed E-state index contributed by atoms with van der Waals surface area (Å²) < 4.78 is 10.5. The van der Waals surface area contributed by atoms with Crippen LogP contribution in [0.2, 0.25) is 0 Å². The van der Waals surface area contributed by atoms with Gasteiger partial charge in [-0.3, -0.25) is 0 Å². The number of nitrogen functional groups attached to an aromatic ring is 1. The number of ether oxygens (including phenoxy) is 2. The second kappa shape index (κ2) is 4.48. The zero-order chi connectivity index (χ0) is 11.4. The SMILES string of the molecule is COc1ncnc(Oc2ccccc2)c1N. The van der Waals surface area contributed by atoms with Crippen LogP contribution in [0.15, 0.2) is 36.7 Å². The minimum Gasteiger partial charge on any atom is -0.479 e. The summed E-state index contributed by atoms with van der Waals surface area (Å²) in [5.74, 6) is 1.26. The Kier molecular flexibility index (Phi) is 2.86. The number of anilines is 1. The van der Waals surface area contributed by atoms with Gasteiger partial charge in [-0.05, 0) is 12.1 Å². The summed E-state index contributed by atoms with van der Waals surface area (Å²) in [7, 11) is 1.49. The van der Waals surface area contributed by atoms with Crippen molar-refractivity contribution in [3.63, 3.8) is 0 Å². The van der Waals surface area contributed by atoms with Gasteiger partial charge in [0.1, 0.15) is 12.1 Å². The van der Waals surface area contributed by atoms with Crippen LogP contribution in [0.4, 0.5) is 5.69 Å². The Labute approximate surface area is 92.9 Å². The van der Waals surface area contributed by atoms with E-state index in [0.717, 1.165) is 0 Å². The second-order valence-electron chi connectivity index (χ2n) is 3.02. The third-order valence-electron chi connectivity index (χ3n) is 1.96. The number of methoxy groups -OCH3 is 1. The van der Waals surface area contributed by atoms with Gasteiger partial charge in [-0.15, -0.1) is 0 Å². The lowest BCUT2D eigenvalue weighted by Crippen LogP contribution is -2.00. The molecule has 5 nitrogen and oxygen atoms in total. The molecular weight excluding hydrogens is 206 g/mol. The molecule has 0 unspecified atom stereocenters. The number of nitrogens with two attached hydrogens (primary N) is 1. The maximum atomic E-state index is 5.77. The molecule has 0 aliphatic rings. The van der Waals surface area contributed by atoms with Crippen LogP contribution in [0.5, 0.6) is 17.5 Å². The first-order valence-corrected chi connectivity index (χ1v) is 4.68. The zero-order valence-electron chi connectivity index (χ0n) is 8.75. The molecule has 0 aliphatic carbocycles. The molecule has 0 spiro atoms. The molecule has 2 N–H and O–H groups in total. The standard InChI is InChI=1S/C11H11N3O2/c1-15-10-9(12)11(14-7-13-10)16-8-5-3-2-4-6-8/h2-7H,12H2,1H3. The van der Waals surface area contributed by atoms with E-state index in [0.29, 0.717) is 11.6 Å². The van der Waals surface area contributed by atoms with Crippen molar-refractivity contribution in [1.82, 2.24) is 9.97 Å². The first-order valence-electron chi connectivity index (χ1n) is 4.68. The summed E-state index contributed by atoms with van der Waals surface area (Å²) in [6.45, 7) is 0. The molecule has 82 valence electrons. The number of hydrogen-bond acceptors (Lipinski definition) is 5. The number of benzene rings is 1. The number of para-hydroxylation sites is 1. The molecule has 0 saturated heterocycles. The van der Waals surface area contributed by atoms with E-state index < -0.39 is 0 Å². The van der Waals surface area contributed by atoms with Gasteiger partial charge in [-0.25, -0.2) is 0 Å². The average molecular weight is 217 g/mol. The summed E-state index contributed by atoms with van der Waals surface area (Å²) in [6.07, 6.45) is 1.34. The molecule has 0 saturated carbocycles. The van der Waals surface area contributed by atoms with Crippen molar-refractivity contribution in [3.05, 3.63) is 36.7 Å². The van der Waals surface area contributed by atoms with E-state index in [-0.39, 0.29) is 11.6 Å². The van der Waals surface area contributed by atoms with Crippen LogP contribution >= 0.6 is 0 Å². The van der Waals surface area contributed by atoms with E-state index in [1.165, 1.54) is 13.4 Å². The van der Waals surface area contributed by atoms with E-state index in [1.807, 2.05) is 30.3 Å². The van der Waals surface area contributed by atoms with E-state index in [1.54, 1.807) is 0 Å². The van der Waals surface area contributed by atoms with Crippen LogP contribution < -0.4 is 15.2 Å². The van der Waals surface area contributed by atoms with Gasteiger partial charge in [0.25, 0.3) is 0 Å². The van der Waals surface area contributed by atoms with E-state index in [4.69, 9.17) is 15.2 Å². The van der Waals surface area contributed by atoms with Gasteiger partial charge in [0.05, 0.1) is 7.11 Å². The van der Waals surface area contributed by atoms with Crippen LogP contribution in [0, 0.1) is 0 Å². The number of hydrogen-bond donors (Lipinski definition) is 1. The highest BCUT2D eigenvalue weighted by molar-refractivity contribution is 5.56. The van der Waals surface area contributed by atoms with Gasteiger partial charge in [0.2, 0.25) is 11.8 Å². The summed E-state index contributed by atoms with van der Waals surface area (Å²) in [4.78, 5) is 7.80. The maximum absolute atomic E-state index is 5.77. The van der Waals surface area contributed by atoms with Gasteiger partial charge in [-0.2, -0.15) is 9.97 Å². The Morgan fingerprint density at radius 1 is 1.06 bits per heavy atom. The van der Waals surface area contributed by atoms with E-state index in [2.05, 4.69) is 9.97 Å². The molecule has 2 rings (SSSR count). The van der Waals surface area contributed by atoms with Gasteiger partial charge in [-0.1, -0.05) is 18.2 Å². The summed E-state index contributed by atoms with van der Waals surface area (Å²) >= 11 is 0. The van der Waals surface area contributed by atoms with Crippen LogP contribution in [0.3, 0.4) is 0 Å². The number of nitrogens with zero attached hydrogens (tertiary/aromatic N) is 2. The monoisotopic (exact) mass is 217 g/mol. The van der Waals surface area contributed by atoms with Crippen molar-refractivity contribution < 1.29 is 9.47 Å². The van der Waals surface area contributed by atoms with Crippen molar-refractivity contribution >= 4 is 5.69 Å². The molecule has 16 heavy (non-hydrogen) atoms. The van der Waals surface area contributed by atoms with E-state index in [9.17, 15) is 0 Å². The lowest BCUT2D eigenvalue weighted by atomic mass is 10.3. The van der Waals surface area contributed by atoms with Gasteiger partial charge < -0.3 is 15.2 Å². The fourth-order valence-electron chi connectivity index (χ4n) is 1.21. The lowest BCUT2D eigenvalue weighted by molar-refractivity contribution is 0.391. The maximum Gasteiger partial charge on any atom is 0.249 e. The van der Waals surface area contributed by atoms with Gasteiger partial charge in [0.15, 0.2) is 5.69 Å². The molecule has 5 heteroatoms. The third-order valence-corrected chi connectivity index (χ3v) is 1.96. The Morgan fingerprint density at radius 3 is 2.44 bits per heavy atom. The smallest absolute Gasteiger partial charge is 0.249 e. The van der Waals surface area contributed by atoms with Crippen LogP contribution in [-0.4, -0.2) is 17.1 Å². The quantitative estimate of drug-likeness (QED) is 0.849. The minimum absolute atomic E-state index is 0.286. The zero-order valence-corrected chi connectivity index (χ0v) is 8.75. The normalized spacial score (nSPS) is 9.81. The highest BCUT2D eigenvalue weighted by Gasteiger charge is 2.09. The Hall–Kier alpha value is -2.30. The average Bonchev–Trinajstić information content (AvgIpc) is 2.33. The molecule has 0 fully saturated rings. The number of rotatable bonds is 3. The largest absolute Gasteiger partial charge is 0.479 e. The fraction of sp³-hybridized carbons (Fsp3) is 0.0909. The highest BCUT2D eigenvalue weighted by Crippen LogP contribution is 2.29. The topological polar surface area (TPSA) is 70.3 Å². The number of aromatic nitrogens is 2. The molecule has 2 aromatic rings. The molecule has 1 aromatic heterocycles. The Morgan fingerprint density at radius 2 is 1.75 bits per heavy atom. The first kappa shape index (κ1) is 10.2. The molecule has 0 amide bonds. The molecular formula is C11H11N3O2. The highest BCUT2D eigenvalue weighted by atomic mass is 16.5. The van der Waals surface area contributed by atoms with Crippen molar-refractivity contribution in [3.8, 4) is 17.5 Å². The molecule has 1 aromatic carbocycles. The van der Waals surface area contributed by atoms with Crippen LogP contribution in [-0.2, 0) is 0 Å². The van der Waals surface area contributed by atoms with Gasteiger partial charge in [0, 0.05) is 0 Å². The van der Waals surface area contributed by atoms with Crippen molar-refractivity contribution in [2.75, 3.05) is 12.8 Å².